The van der Waals surface area contributed by atoms with Crippen LogP contribution in [-0.4, -0.2) is 30.6 Å². The molecular formula is C18H26N2O2. The summed E-state index contributed by atoms with van der Waals surface area (Å²) in [6.07, 6.45) is 4.33. The van der Waals surface area contributed by atoms with Gasteiger partial charge in [0.2, 0.25) is 5.91 Å². The van der Waals surface area contributed by atoms with E-state index in [1.54, 1.807) is 0 Å². The second kappa shape index (κ2) is 6.80. The maximum Gasteiger partial charge on any atom is 0.226 e. The van der Waals surface area contributed by atoms with Crippen molar-refractivity contribution < 1.29 is 9.90 Å². The van der Waals surface area contributed by atoms with E-state index >= 15 is 0 Å². The highest BCUT2D eigenvalue weighted by atomic mass is 16.3. The molecule has 1 fully saturated rings. The van der Waals surface area contributed by atoms with Crippen LogP contribution in [0.1, 0.15) is 49.8 Å². The van der Waals surface area contributed by atoms with Crippen LogP contribution < -0.4 is 10.2 Å². The third-order valence-corrected chi connectivity index (χ3v) is 4.95. The standard InChI is InChI=1S/C18H26N2O2/c1-2-17(21)20-10-4-6-13-11-14(7-8-16(13)20)18(22)15-5-3-9-19-12-15/h7-8,11,15,18-19,22H,2-6,9-10,12H2,1H3. The van der Waals surface area contributed by atoms with Gasteiger partial charge in [-0.15, -0.1) is 0 Å². The van der Waals surface area contributed by atoms with Crippen LogP contribution in [0, 0.1) is 5.92 Å². The van der Waals surface area contributed by atoms with Gasteiger partial charge in [-0.1, -0.05) is 19.1 Å². The molecule has 0 saturated carbocycles. The molecule has 2 atom stereocenters. The fraction of sp³-hybridized carbons (Fsp3) is 0.611. The number of aliphatic hydroxyl groups excluding tert-OH is 1. The van der Waals surface area contributed by atoms with Crippen molar-refractivity contribution in [1.29, 1.82) is 0 Å². The lowest BCUT2D eigenvalue weighted by Crippen LogP contribution is -2.35. The van der Waals surface area contributed by atoms with E-state index in [9.17, 15) is 9.90 Å². The zero-order valence-electron chi connectivity index (χ0n) is 13.3. The number of hydrogen-bond donors (Lipinski definition) is 2. The summed E-state index contributed by atoms with van der Waals surface area (Å²) in [5.41, 5.74) is 3.24. The first-order chi connectivity index (χ1) is 10.7. The molecule has 1 saturated heterocycles. The number of aryl methyl sites for hydroxylation is 1. The van der Waals surface area contributed by atoms with E-state index in [0.717, 1.165) is 56.6 Å². The maximum atomic E-state index is 12.1. The van der Waals surface area contributed by atoms with E-state index < -0.39 is 6.10 Å². The van der Waals surface area contributed by atoms with Gasteiger partial charge >= 0.3 is 0 Å². The lowest BCUT2D eigenvalue weighted by atomic mass is 9.87. The molecule has 2 aliphatic rings. The highest BCUT2D eigenvalue weighted by Crippen LogP contribution is 2.33. The van der Waals surface area contributed by atoms with Crippen LogP contribution in [0.25, 0.3) is 0 Å². The number of hydrogen-bond acceptors (Lipinski definition) is 3. The molecule has 0 aliphatic carbocycles. The van der Waals surface area contributed by atoms with E-state index in [2.05, 4.69) is 11.4 Å². The second-order valence-electron chi connectivity index (χ2n) is 6.44. The number of anilines is 1. The number of benzene rings is 1. The predicted octanol–water partition coefficient (Wildman–Crippen LogP) is 2.41. The van der Waals surface area contributed by atoms with Crippen molar-refractivity contribution in [2.24, 2.45) is 5.92 Å². The second-order valence-corrected chi connectivity index (χ2v) is 6.44. The number of carbonyl (C=O) groups excluding carboxylic acids is 1. The molecule has 22 heavy (non-hydrogen) atoms. The molecule has 2 N–H and O–H groups in total. The number of nitrogens with one attached hydrogen (secondary N) is 1. The number of aliphatic hydroxyl groups is 1. The van der Waals surface area contributed by atoms with Crippen molar-refractivity contribution in [3.8, 4) is 0 Å². The smallest absolute Gasteiger partial charge is 0.226 e. The molecule has 4 nitrogen and oxygen atoms in total. The number of amides is 1. The number of piperidine rings is 1. The largest absolute Gasteiger partial charge is 0.388 e. The molecule has 0 aromatic heterocycles. The van der Waals surface area contributed by atoms with E-state index in [-0.39, 0.29) is 5.91 Å². The Kier molecular flexibility index (Phi) is 4.79. The molecule has 2 aliphatic heterocycles. The Bertz CT molecular complexity index is 538. The summed E-state index contributed by atoms with van der Waals surface area (Å²) in [5, 5.41) is 14.0. The van der Waals surface area contributed by atoms with Crippen LogP contribution in [0.5, 0.6) is 0 Å². The zero-order valence-corrected chi connectivity index (χ0v) is 13.3. The molecule has 3 rings (SSSR count). The van der Waals surface area contributed by atoms with Crippen molar-refractivity contribution in [1.82, 2.24) is 5.32 Å². The maximum absolute atomic E-state index is 12.1. The van der Waals surface area contributed by atoms with Crippen LogP contribution >= 0.6 is 0 Å². The van der Waals surface area contributed by atoms with Gasteiger partial charge < -0.3 is 15.3 Å². The molecule has 0 bridgehead atoms. The molecule has 0 spiro atoms. The van der Waals surface area contributed by atoms with Crippen LogP contribution in [0.3, 0.4) is 0 Å². The van der Waals surface area contributed by atoms with Gasteiger partial charge in [-0.2, -0.15) is 0 Å². The van der Waals surface area contributed by atoms with Crippen molar-refractivity contribution in [2.75, 3.05) is 24.5 Å². The highest BCUT2D eigenvalue weighted by Gasteiger charge is 2.26. The third kappa shape index (κ3) is 3.03. The lowest BCUT2D eigenvalue weighted by Gasteiger charge is -2.31. The Morgan fingerprint density at radius 3 is 3.05 bits per heavy atom. The van der Waals surface area contributed by atoms with Gasteiger partial charge in [0.25, 0.3) is 0 Å². The number of rotatable bonds is 3. The Hall–Kier alpha value is -1.39. The summed E-state index contributed by atoms with van der Waals surface area (Å²) < 4.78 is 0. The average molecular weight is 302 g/mol. The number of nitrogens with zero attached hydrogens (tertiary/aromatic N) is 1. The third-order valence-electron chi connectivity index (χ3n) is 4.95. The summed E-state index contributed by atoms with van der Waals surface area (Å²) in [4.78, 5) is 14.0. The summed E-state index contributed by atoms with van der Waals surface area (Å²) in [5.74, 6) is 0.481. The van der Waals surface area contributed by atoms with Crippen LogP contribution in [-0.2, 0) is 11.2 Å². The quantitative estimate of drug-likeness (QED) is 0.901. The normalized spacial score (nSPS) is 23.0. The first-order valence-electron chi connectivity index (χ1n) is 8.52. The van der Waals surface area contributed by atoms with Gasteiger partial charge in [-0.05, 0) is 49.4 Å². The fourth-order valence-corrected chi connectivity index (χ4v) is 3.67. The molecule has 0 radical (unpaired) electrons. The molecule has 2 heterocycles. The molecule has 1 amide bonds. The fourth-order valence-electron chi connectivity index (χ4n) is 3.67. The van der Waals surface area contributed by atoms with Crippen LogP contribution in [0.15, 0.2) is 18.2 Å². The van der Waals surface area contributed by atoms with Gasteiger partial charge in [0, 0.05) is 31.1 Å². The van der Waals surface area contributed by atoms with E-state index in [4.69, 9.17) is 0 Å². The van der Waals surface area contributed by atoms with Gasteiger partial charge in [-0.3, -0.25) is 4.79 Å². The van der Waals surface area contributed by atoms with Gasteiger partial charge in [0.1, 0.15) is 0 Å². The number of carbonyl (C=O) groups is 1. The summed E-state index contributed by atoms with van der Waals surface area (Å²) >= 11 is 0. The molecule has 1 aromatic carbocycles. The van der Waals surface area contributed by atoms with Gasteiger partial charge in [-0.25, -0.2) is 0 Å². The first kappa shape index (κ1) is 15.5. The van der Waals surface area contributed by atoms with Gasteiger partial charge in [0.05, 0.1) is 6.10 Å². The SMILES string of the molecule is CCC(=O)N1CCCc2cc(C(O)C3CCCNC3)ccc21. The van der Waals surface area contributed by atoms with E-state index in [1.807, 2.05) is 24.0 Å². The Morgan fingerprint density at radius 1 is 1.45 bits per heavy atom. The first-order valence-corrected chi connectivity index (χ1v) is 8.52. The minimum absolute atomic E-state index is 0.186. The highest BCUT2D eigenvalue weighted by molar-refractivity contribution is 5.94. The minimum Gasteiger partial charge on any atom is -0.388 e. The minimum atomic E-state index is -0.407. The molecule has 1 aromatic rings. The van der Waals surface area contributed by atoms with E-state index in [1.165, 1.54) is 5.56 Å². The molecular weight excluding hydrogens is 276 g/mol. The Labute approximate surface area is 132 Å². The zero-order chi connectivity index (χ0) is 15.5. The number of fused-ring (bicyclic) bond motifs is 1. The van der Waals surface area contributed by atoms with Crippen molar-refractivity contribution in [2.45, 2.75) is 45.1 Å². The summed E-state index contributed by atoms with van der Waals surface area (Å²) in [6.45, 7) is 4.67. The lowest BCUT2D eigenvalue weighted by molar-refractivity contribution is -0.118. The molecule has 4 heteroatoms. The monoisotopic (exact) mass is 302 g/mol. The molecule has 2 unspecified atom stereocenters. The average Bonchev–Trinajstić information content (AvgIpc) is 2.60. The Morgan fingerprint density at radius 2 is 2.32 bits per heavy atom. The summed E-state index contributed by atoms with van der Waals surface area (Å²) in [7, 11) is 0. The topological polar surface area (TPSA) is 52.6 Å². The van der Waals surface area contributed by atoms with E-state index in [0.29, 0.717) is 12.3 Å². The Balaban J connectivity index is 1.82. The molecule has 120 valence electrons. The van der Waals surface area contributed by atoms with Crippen molar-refractivity contribution in [3.05, 3.63) is 29.3 Å². The van der Waals surface area contributed by atoms with Crippen molar-refractivity contribution >= 4 is 11.6 Å². The van der Waals surface area contributed by atoms with Crippen LogP contribution in [0.4, 0.5) is 5.69 Å². The predicted molar refractivity (Wildman–Crippen MR) is 88.0 cm³/mol. The van der Waals surface area contributed by atoms with Crippen molar-refractivity contribution in [3.63, 3.8) is 0 Å². The summed E-state index contributed by atoms with van der Waals surface area (Å²) in [6, 6.07) is 6.14. The van der Waals surface area contributed by atoms with Gasteiger partial charge in [0.15, 0.2) is 0 Å². The van der Waals surface area contributed by atoms with Crippen LogP contribution in [0.2, 0.25) is 0 Å².